The number of ether oxygens (including phenoxy) is 1. The number of anilines is 1. The number of H-pyrrole nitrogens is 1. The smallest absolute Gasteiger partial charge is 0.258 e. The minimum atomic E-state index is -0.190. The van der Waals surface area contributed by atoms with Crippen LogP contribution < -0.4 is 10.1 Å². The fourth-order valence-corrected chi connectivity index (χ4v) is 1.48. The number of carbonyl (C=O) groups is 1. The summed E-state index contributed by atoms with van der Waals surface area (Å²) in [6, 6.07) is 7.31. The summed E-state index contributed by atoms with van der Waals surface area (Å²) in [5.74, 6) is 1.10. The maximum absolute atomic E-state index is 11.8. The van der Waals surface area contributed by atoms with Crippen LogP contribution in [0, 0.1) is 5.92 Å². The number of carbonyl (C=O) groups excluding carboxylic acids is 1. The molecule has 0 saturated heterocycles. The molecule has 0 spiro atoms. The van der Waals surface area contributed by atoms with Crippen LogP contribution in [0.15, 0.2) is 36.7 Å². The Balaban J connectivity index is 1.93. The van der Waals surface area contributed by atoms with Gasteiger partial charge in [-0.05, 0) is 30.2 Å². The number of benzene rings is 1. The number of hydrogen-bond acceptors (Lipinski definition) is 3. The third-order valence-electron chi connectivity index (χ3n) is 2.46. The van der Waals surface area contributed by atoms with Gasteiger partial charge in [0, 0.05) is 11.9 Å². The van der Waals surface area contributed by atoms with Crippen LogP contribution in [0.25, 0.3) is 0 Å². The second kappa shape index (κ2) is 6.04. The first-order valence-corrected chi connectivity index (χ1v) is 6.18. The summed E-state index contributed by atoms with van der Waals surface area (Å²) in [7, 11) is 0. The fraction of sp³-hybridized carbons (Fsp3) is 0.286. The Kier molecular flexibility index (Phi) is 4.18. The number of rotatable bonds is 5. The quantitative estimate of drug-likeness (QED) is 0.867. The molecule has 5 nitrogen and oxygen atoms in total. The number of nitrogens with zero attached hydrogens (tertiary/aromatic N) is 1. The lowest BCUT2D eigenvalue weighted by molar-refractivity contribution is 0.102. The van der Waals surface area contributed by atoms with Crippen LogP contribution in [0.5, 0.6) is 5.75 Å². The maximum Gasteiger partial charge on any atom is 0.258 e. The van der Waals surface area contributed by atoms with Crippen molar-refractivity contribution < 1.29 is 9.53 Å². The topological polar surface area (TPSA) is 67.0 Å². The molecule has 1 amide bonds. The Labute approximate surface area is 112 Å². The number of aromatic amines is 1. The molecule has 0 bridgehead atoms. The highest BCUT2D eigenvalue weighted by Crippen LogP contribution is 2.17. The SMILES string of the molecule is CC(C)COc1ccc(NC(=O)c2cn[nH]c2)cc1. The summed E-state index contributed by atoms with van der Waals surface area (Å²) in [6.45, 7) is 4.87. The van der Waals surface area contributed by atoms with E-state index < -0.39 is 0 Å². The molecule has 0 unspecified atom stereocenters. The van der Waals surface area contributed by atoms with Gasteiger partial charge in [0.15, 0.2) is 0 Å². The second-order valence-corrected chi connectivity index (χ2v) is 4.67. The minimum Gasteiger partial charge on any atom is -0.493 e. The molecule has 1 heterocycles. The van der Waals surface area contributed by atoms with Crippen molar-refractivity contribution >= 4 is 11.6 Å². The highest BCUT2D eigenvalue weighted by Gasteiger charge is 2.06. The van der Waals surface area contributed by atoms with Crippen LogP contribution in [0.1, 0.15) is 24.2 Å². The van der Waals surface area contributed by atoms with Crippen LogP contribution in [-0.2, 0) is 0 Å². The average molecular weight is 259 g/mol. The Morgan fingerprint density at radius 3 is 2.68 bits per heavy atom. The van der Waals surface area contributed by atoms with Gasteiger partial charge in [0.2, 0.25) is 0 Å². The molecule has 0 saturated carbocycles. The zero-order valence-electron chi connectivity index (χ0n) is 11.0. The van der Waals surface area contributed by atoms with E-state index in [9.17, 15) is 4.79 Å². The Morgan fingerprint density at radius 1 is 1.37 bits per heavy atom. The lowest BCUT2D eigenvalue weighted by Gasteiger charge is -2.09. The Bertz CT molecular complexity index is 518. The monoisotopic (exact) mass is 259 g/mol. The predicted molar refractivity (Wildman–Crippen MR) is 73.3 cm³/mol. The molecule has 1 aromatic carbocycles. The van der Waals surface area contributed by atoms with Crippen molar-refractivity contribution in [3.63, 3.8) is 0 Å². The molecule has 2 N–H and O–H groups in total. The van der Waals surface area contributed by atoms with Crippen LogP contribution in [0.4, 0.5) is 5.69 Å². The fourth-order valence-electron chi connectivity index (χ4n) is 1.48. The van der Waals surface area contributed by atoms with E-state index in [1.165, 1.54) is 6.20 Å². The van der Waals surface area contributed by atoms with Gasteiger partial charge in [-0.3, -0.25) is 9.89 Å². The van der Waals surface area contributed by atoms with Gasteiger partial charge >= 0.3 is 0 Å². The minimum absolute atomic E-state index is 0.190. The van der Waals surface area contributed by atoms with Crippen LogP contribution >= 0.6 is 0 Å². The first kappa shape index (κ1) is 13.1. The van der Waals surface area contributed by atoms with Crippen LogP contribution in [0.3, 0.4) is 0 Å². The second-order valence-electron chi connectivity index (χ2n) is 4.67. The molecule has 0 aliphatic carbocycles. The van der Waals surface area contributed by atoms with Gasteiger partial charge in [-0.25, -0.2) is 0 Å². The molecular weight excluding hydrogens is 242 g/mol. The summed E-state index contributed by atoms with van der Waals surface area (Å²) >= 11 is 0. The summed E-state index contributed by atoms with van der Waals surface area (Å²) in [5, 5.41) is 9.12. The molecule has 0 fully saturated rings. The van der Waals surface area contributed by atoms with E-state index in [1.54, 1.807) is 6.20 Å². The third kappa shape index (κ3) is 3.84. The lowest BCUT2D eigenvalue weighted by Crippen LogP contribution is -2.11. The number of aromatic nitrogens is 2. The van der Waals surface area contributed by atoms with Crippen molar-refractivity contribution in [2.24, 2.45) is 5.92 Å². The van der Waals surface area contributed by atoms with Gasteiger partial charge in [0.25, 0.3) is 5.91 Å². The van der Waals surface area contributed by atoms with Crippen molar-refractivity contribution in [2.45, 2.75) is 13.8 Å². The molecule has 1 aromatic heterocycles. The van der Waals surface area contributed by atoms with Crippen LogP contribution in [-0.4, -0.2) is 22.7 Å². The predicted octanol–water partition coefficient (Wildman–Crippen LogP) is 2.70. The van der Waals surface area contributed by atoms with Crippen molar-refractivity contribution in [1.29, 1.82) is 0 Å². The summed E-state index contributed by atoms with van der Waals surface area (Å²) < 4.78 is 5.57. The molecule has 2 rings (SSSR count). The molecule has 0 aliphatic rings. The summed E-state index contributed by atoms with van der Waals surface area (Å²) in [6.07, 6.45) is 3.03. The van der Waals surface area contributed by atoms with Crippen molar-refractivity contribution in [3.05, 3.63) is 42.2 Å². The van der Waals surface area contributed by atoms with Gasteiger partial charge < -0.3 is 10.1 Å². The Hall–Kier alpha value is -2.30. The Morgan fingerprint density at radius 2 is 2.11 bits per heavy atom. The van der Waals surface area contributed by atoms with Crippen molar-refractivity contribution in [3.8, 4) is 5.75 Å². The van der Waals surface area contributed by atoms with Crippen molar-refractivity contribution in [2.75, 3.05) is 11.9 Å². The molecule has 0 aliphatic heterocycles. The van der Waals surface area contributed by atoms with Gasteiger partial charge in [-0.2, -0.15) is 5.10 Å². The van der Waals surface area contributed by atoms with E-state index in [0.29, 0.717) is 18.1 Å². The molecule has 5 heteroatoms. The highest BCUT2D eigenvalue weighted by molar-refractivity contribution is 6.03. The zero-order chi connectivity index (χ0) is 13.7. The molecule has 0 atom stereocenters. The van der Waals surface area contributed by atoms with Gasteiger partial charge in [0.05, 0.1) is 18.4 Å². The van der Waals surface area contributed by atoms with E-state index in [0.717, 1.165) is 11.4 Å². The normalized spacial score (nSPS) is 10.5. The van der Waals surface area contributed by atoms with Gasteiger partial charge in [0.1, 0.15) is 5.75 Å². The molecule has 2 aromatic rings. The number of nitrogens with one attached hydrogen (secondary N) is 2. The van der Waals surface area contributed by atoms with E-state index in [4.69, 9.17) is 4.74 Å². The standard InChI is InChI=1S/C14H17N3O2/c1-10(2)9-19-13-5-3-12(4-6-13)17-14(18)11-7-15-16-8-11/h3-8,10H,9H2,1-2H3,(H,15,16)(H,17,18). The van der Waals surface area contributed by atoms with Crippen molar-refractivity contribution in [1.82, 2.24) is 10.2 Å². The van der Waals surface area contributed by atoms with E-state index in [1.807, 2.05) is 24.3 Å². The van der Waals surface area contributed by atoms with Gasteiger partial charge in [-0.15, -0.1) is 0 Å². The van der Waals surface area contributed by atoms with E-state index in [2.05, 4.69) is 29.4 Å². The number of hydrogen-bond donors (Lipinski definition) is 2. The van der Waals surface area contributed by atoms with Gasteiger partial charge in [-0.1, -0.05) is 13.8 Å². The highest BCUT2D eigenvalue weighted by atomic mass is 16.5. The molecular formula is C14H17N3O2. The summed E-state index contributed by atoms with van der Waals surface area (Å²) in [5.41, 5.74) is 1.23. The molecule has 100 valence electrons. The van der Waals surface area contributed by atoms with E-state index in [-0.39, 0.29) is 5.91 Å². The molecule has 19 heavy (non-hydrogen) atoms. The zero-order valence-corrected chi connectivity index (χ0v) is 11.0. The summed E-state index contributed by atoms with van der Waals surface area (Å²) in [4.78, 5) is 11.8. The maximum atomic E-state index is 11.8. The largest absolute Gasteiger partial charge is 0.493 e. The third-order valence-corrected chi connectivity index (χ3v) is 2.46. The lowest BCUT2D eigenvalue weighted by atomic mass is 10.2. The molecule has 0 radical (unpaired) electrons. The first-order chi connectivity index (χ1) is 9.15. The first-order valence-electron chi connectivity index (χ1n) is 6.18. The average Bonchev–Trinajstić information content (AvgIpc) is 2.92. The van der Waals surface area contributed by atoms with Crippen LogP contribution in [0.2, 0.25) is 0 Å². The number of amides is 1. The van der Waals surface area contributed by atoms with E-state index >= 15 is 0 Å².